The van der Waals surface area contributed by atoms with Crippen LogP contribution in [0.5, 0.6) is 0 Å². The van der Waals surface area contributed by atoms with Gasteiger partial charge in [0.2, 0.25) is 5.43 Å². The summed E-state index contributed by atoms with van der Waals surface area (Å²) in [6.07, 6.45) is 3.37. The van der Waals surface area contributed by atoms with E-state index in [0.717, 1.165) is 18.9 Å². The van der Waals surface area contributed by atoms with E-state index in [4.69, 9.17) is 4.74 Å². The number of aromatic nitrogens is 1. The zero-order valence-electron chi connectivity index (χ0n) is 12.3. The van der Waals surface area contributed by atoms with E-state index < -0.39 is 17.2 Å². The van der Waals surface area contributed by atoms with Gasteiger partial charge in [0.1, 0.15) is 11.4 Å². The molecule has 0 bridgehead atoms. The van der Waals surface area contributed by atoms with Crippen LogP contribution in [0.2, 0.25) is 0 Å². The van der Waals surface area contributed by atoms with E-state index in [1.807, 2.05) is 0 Å². The molecular formula is C16H17FN2O3. The number of nitrogens with zero attached hydrogens (tertiary/aromatic N) is 1. The highest BCUT2D eigenvalue weighted by Gasteiger charge is 2.19. The van der Waals surface area contributed by atoms with Gasteiger partial charge >= 0.3 is 0 Å². The summed E-state index contributed by atoms with van der Waals surface area (Å²) in [7, 11) is 1.72. The lowest BCUT2D eigenvalue weighted by Crippen LogP contribution is -2.35. The predicted octanol–water partition coefficient (Wildman–Crippen LogP) is 1.59. The minimum atomic E-state index is -0.499. The molecule has 1 aromatic heterocycles. The average molecular weight is 304 g/mol. The van der Waals surface area contributed by atoms with E-state index in [2.05, 4.69) is 5.32 Å². The number of amides is 1. The largest absolute Gasteiger partial charge is 0.376 e. The summed E-state index contributed by atoms with van der Waals surface area (Å²) < 4.78 is 20.4. The van der Waals surface area contributed by atoms with Crippen molar-refractivity contribution in [3.63, 3.8) is 0 Å². The van der Waals surface area contributed by atoms with Crippen LogP contribution >= 0.6 is 0 Å². The molecule has 22 heavy (non-hydrogen) atoms. The Morgan fingerprint density at radius 1 is 1.50 bits per heavy atom. The van der Waals surface area contributed by atoms with Crippen LogP contribution in [0.25, 0.3) is 10.9 Å². The maximum atomic E-state index is 13.4. The van der Waals surface area contributed by atoms with Gasteiger partial charge in [-0.2, -0.15) is 0 Å². The maximum Gasteiger partial charge on any atom is 0.256 e. The second-order valence-electron chi connectivity index (χ2n) is 5.49. The molecule has 0 radical (unpaired) electrons. The van der Waals surface area contributed by atoms with Crippen LogP contribution in [0.4, 0.5) is 4.39 Å². The van der Waals surface area contributed by atoms with Gasteiger partial charge in [0.15, 0.2) is 0 Å². The van der Waals surface area contributed by atoms with E-state index >= 15 is 0 Å². The molecule has 1 aliphatic heterocycles. The predicted molar refractivity (Wildman–Crippen MR) is 80.5 cm³/mol. The molecule has 0 saturated carbocycles. The zero-order valence-corrected chi connectivity index (χ0v) is 12.3. The molecule has 6 heteroatoms. The van der Waals surface area contributed by atoms with Crippen molar-refractivity contribution in [2.45, 2.75) is 18.9 Å². The molecule has 1 unspecified atom stereocenters. The van der Waals surface area contributed by atoms with Crippen LogP contribution in [0.3, 0.4) is 0 Å². The minimum absolute atomic E-state index is 0.00528. The normalized spacial score (nSPS) is 17.8. The molecule has 1 aliphatic rings. The van der Waals surface area contributed by atoms with Gasteiger partial charge in [0, 0.05) is 31.8 Å². The van der Waals surface area contributed by atoms with Crippen molar-refractivity contribution in [2.75, 3.05) is 13.2 Å². The third-order valence-electron chi connectivity index (χ3n) is 3.91. The molecule has 3 rings (SSSR count). The van der Waals surface area contributed by atoms with Crippen LogP contribution in [-0.4, -0.2) is 29.7 Å². The number of aryl methyl sites for hydroxylation is 1. The summed E-state index contributed by atoms with van der Waals surface area (Å²) in [5.74, 6) is -0.955. The van der Waals surface area contributed by atoms with Crippen molar-refractivity contribution in [1.29, 1.82) is 0 Å². The highest BCUT2D eigenvalue weighted by atomic mass is 19.1. The van der Waals surface area contributed by atoms with Crippen LogP contribution in [0.15, 0.2) is 29.2 Å². The molecule has 1 N–H and O–H groups in total. The van der Waals surface area contributed by atoms with Crippen molar-refractivity contribution in [2.24, 2.45) is 7.05 Å². The molecule has 0 spiro atoms. The Balaban J connectivity index is 1.91. The number of hydrogen-bond acceptors (Lipinski definition) is 3. The summed E-state index contributed by atoms with van der Waals surface area (Å²) in [5, 5.41) is 2.92. The molecule has 0 aliphatic carbocycles. The first-order valence-electron chi connectivity index (χ1n) is 7.25. The highest BCUT2D eigenvalue weighted by molar-refractivity contribution is 5.97. The fourth-order valence-corrected chi connectivity index (χ4v) is 2.73. The van der Waals surface area contributed by atoms with Gasteiger partial charge in [0.25, 0.3) is 5.91 Å². The molecule has 1 aromatic carbocycles. The van der Waals surface area contributed by atoms with E-state index in [-0.39, 0.29) is 17.1 Å². The highest BCUT2D eigenvalue weighted by Crippen LogP contribution is 2.13. The van der Waals surface area contributed by atoms with Crippen molar-refractivity contribution in [3.8, 4) is 0 Å². The Labute approximate surface area is 126 Å². The van der Waals surface area contributed by atoms with Gasteiger partial charge in [0.05, 0.1) is 11.6 Å². The smallest absolute Gasteiger partial charge is 0.256 e. The Morgan fingerprint density at radius 3 is 3.05 bits per heavy atom. The Kier molecular flexibility index (Phi) is 3.94. The Morgan fingerprint density at radius 2 is 2.32 bits per heavy atom. The zero-order chi connectivity index (χ0) is 15.7. The maximum absolute atomic E-state index is 13.4. The molecule has 116 valence electrons. The van der Waals surface area contributed by atoms with Crippen LogP contribution < -0.4 is 10.7 Å². The van der Waals surface area contributed by atoms with Crippen molar-refractivity contribution in [3.05, 3.63) is 46.0 Å². The molecule has 2 aromatic rings. The first kappa shape index (κ1) is 14.7. The molecule has 1 fully saturated rings. The number of rotatable bonds is 3. The number of benzene rings is 1. The summed E-state index contributed by atoms with van der Waals surface area (Å²) in [4.78, 5) is 24.6. The van der Waals surface area contributed by atoms with Crippen LogP contribution in [0.1, 0.15) is 23.2 Å². The van der Waals surface area contributed by atoms with Crippen LogP contribution in [-0.2, 0) is 11.8 Å². The van der Waals surface area contributed by atoms with E-state index in [1.165, 1.54) is 18.3 Å². The van der Waals surface area contributed by atoms with Gasteiger partial charge in [-0.25, -0.2) is 4.39 Å². The number of hydrogen-bond donors (Lipinski definition) is 1. The monoisotopic (exact) mass is 304 g/mol. The third kappa shape index (κ3) is 2.74. The molecule has 5 nitrogen and oxygen atoms in total. The standard InChI is InChI=1S/C16H17FN2O3/c1-19-9-13(16(21)18-8-11-3-2-6-22-11)15(20)12-7-10(17)4-5-14(12)19/h4-5,7,9,11H,2-3,6,8H2,1H3,(H,18,21). The number of pyridine rings is 1. The molecule has 1 atom stereocenters. The third-order valence-corrected chi connectivity index (χ3v) is 3.91. The second kappa shape index (κ2) is 5.88. The number of carbonyl (C=O) groups is 1. The first-order chi connectivity index (χ1) is 10.6. The number of nitrogens with one attached hydrogen (secondary N) is 1. The van der Waals surface area contributed by atoms with Crippen molar-refractivity contribution in [1.82, 2.24) is 9.88 Å². The molecule has 1 saturated heterocycles. The van der Waals surface area contributed by atoms with Gasteiger partial charge in [-0.15, -0.1) is 0 Å². The lowest BCUT2D eigenvalue weighted by atomic mass is 10.1. The van der Waals surface area contributed by atoms with Crippen molar-refractivity contribution >= 4 is 16.8 Å². The number of halogens is 1. The Bertz CT molecular complexity index is 779. The van der Waals surface area contributed by atoms with Gasteiger partial charge in [-0.05, 0) is 31.0 Å². The van der Waals surface area contributed by atoms with E-state index in [9.17, 15) is 14.0 Å². The topological polar surface area (TPSA) is 60.3 Å². The fourth-order valence-electron chi connectivity index (χ4n) is 2.73. The van der Waals surface area contributed by atoms with E-state index in [1.54, 1.807) is 11.6 Å². The van der Waals surface area contributed by atoms with Crippen molar-refractivity contribution < 1.29 is 13.9 Å². The Hall–Kier alpha value is -2.21. The van der Waals surface area contributed by atoms with Gasteiger partial charge in [-0.3, -0.25) is 9.59 Å². The van der Waals surface area contributed by atoms with Gasteiger partial charge in [-0.1, -0.05) is 0 Å². The number of fused-ring (bicyclic) bond motifs is 1. The summed E-state index contributed by atoms with van der Waals surface area (Å²) in [6, 6.07) is 3.98. The molecule has 2 heterocycles. The van der Waals surface area contributed by atoms with Crippen LogP contribution in [0, 0.1) is 5.82 Å². The first-order valence-corrected chi connectivity index (χ1v) is 7.25. The SMILES string of the molecule is Cn1cc(C(=O)NCC2CCCO2)c(=O)c2cc(F)ccc21. The molecule has 1 amide bonds. The fraction of sp³-hybridized carbons (Fsp3) is 0.375. The summed E-state index contributed by atoms with van der Waals surface area (Å²) in [6.45, 7) is 1.08. The molecular weight excluding hydrogens is 287 g/mol. The quantitative estimate of drug-likeness (QED) is 0.936. The summed E-state index contributed by atoms with van der Waals surface area (Å²) >= 11 is 0. The minimum Gasteiger partial charge on any atom is -0.376 e. The average Bonchev–Trinajstić information content (AvgIpc) is 3.01. The second-order valence-corrected chi connectivity index (χ2v) is 5.49. The van der Waals surface area contributed by atoms with Gasteiger partial charge < -0.3 is 14.6 Å². The summed E-state index contributed by atoms with van der Waals surface area (Å²) in [5.41, 5.74) is 0.137. The number of ether oxygens (including phenoxy) is 1. The number of carbonyl (C=O) groups excluding carboxylic acids is 1. The van der Waals surface area contributed by atoms with E-state index in [0.29, 0.717) is 18.7 Å². The lowest BCUT2D eigenvalue weighted by Gasteiger charge is -2.12. The lowest BCUT2D eigenvalue weighted by molar-refractivity contribution is 0.0856.